The van der Waals surface area contributed by atoms with Gasteiger partial charge in [0.2, 0.25) is 0 Å². The van der Waals surface area contributed by atoms with E-state index in [-0.39, 0.29) is 5.75 Å². The summed E-state index contributed by atoms with van der Waals surface area (Å²) in [6.45, 7) is 0.556. The van der Waals surface area contributed by atoms with Crippen molar-refractivity contribution in [3.05, 3.63) is 59.2 Å². The second-order valence-electron chi connectivity index (χ2n) is 5.73. The molecule has 0 aliphatic carbocycles. The number of hydrogen-bond donors (Lipinski definition) is 3. The molecule has 1 heterocycles. The number of phenols is 1. The number of hydrogen-bond acceptors (Lipinski definition) is 4. The van der Waals surface area contributed by atoms with Gasteiger partial charge in [0.05, 0.1) is 7.11 Å². The SMILES string of the molecule is COc1cc2c(cc1O)C(Cc1ccccc1)(C(=O)O)NCC2. The monoisotopic (exact) mass is 313 g/mol. The van der Waals surface area contributed by atoms with Crippen LogP contribution in [0.5, 0.6) is 11.5 Å². The molecule has 0 aromatic heterocycles. The molecule has 5 nitrogen and oxygen atoms in total. The average Bonchev–Trinajstić information content (AvgIpc) is 2.55. The fraction of sp³-hybridized carbons (Fsp3) is 0.278. The van der Waals surface area contributed by atoms with E-state index >= 15 is 0 Å². The van der Waals surface area contributed by atoms with Crippen molar-refractivity contribution >= 4 is 5.97 Å². The molecule has 1 aliphatic rings. The Morgan fingerprint density at radius 3 is 2.70 bits per heavy atom. The largest absolute Gasteiger partial charge is 0.504 e. The zero-order valence-corrected chi connectivity index (χ0v) is 12.9. The van der Waals surface area contributed by atoms with E-state index in [1.807, 2.05) is 30.3 Å². The second-order valence-corrected chi connectivity index (χ2v) is 5.73. The minimum Gasteiger partial charge on any atom is -0.504 e. The van der Waals surface area contributed by atoms with E-state index in [2.05, 4.69) is 5.32 Å². The van der Waals surface area contributed by atoms with Gasteiger partial charge in [-0.25, -0.2) is 4.79 Å². The van der Waals surface area contributed by atoms with Gasteiger partial charge in [0, 0.05) is 13.0 Å². The van der Waals surface area contributed by atoms with Crippen molar-refractivity contribution < 1.29 is 19.7 Å². The normalized spacial score (nSPS) is 19.9. The van der Waals surface area contributed by atoms with E-state index in [9.17, 15) is 15.0 Å². The van der Waals surface area contributed by atoms with E-state index in [0.29, 0.717) is 30.7 Å². The Hall–Kier alpha value is -2.53. The lowest BCUT2D eigenvalue weighted by atomic mass is 9.78. The van der Waals surface area contributed by atoms with Gasteiger partial charge < -0.3 is 14.9 Å². The molecule has 1 unspecified atom stereocenters. The molecule has 0 saturated carbocycles. The van der Waals surface area contributed by atoms with E-state index < -0.39 is 11.5 Å². The molecule has 5 heteroatoms. The lowest BCUT2D eigenvalue weighted by Crippen LogP contribution is -2.54. The summed E-state index contributed by atoms with van der Waals surface area (Å²) in [5, 5.41) is 23.2. The molecule has 1 atom stereocenters. The predicted octanol–water partition coefficient (Wildman–Crippen LogP) is 2.07. The summed E-state index contributed by atoms with van der Waals surface area (Å²) in [5.74, 6) is -0.634. The van der Waals surface area contributed by atoms with Crippen LogP contribution in [0.3, 0.4) is 0 Å². The minimum absolute atomic E-state index is 0.0476. The van der Waals surface area contributed by atoms with Gasteiger partial charge in [0.25, 0.3) is 0 Å². The zero-order valence-electron chi connectivity index (χ0n) is 12.9. The number of carboxylic acids is 1. The van der Waals surface area contributed by atoms with Crippen LogP contribution in [0.25, 0.3) is 0 Å². The molecule has 3 N–H and O–H groups in total. The van der Waals surface area contributed by atoms with Crippen molar-refractivity contribution in [3.8, 4) is 11.5 Å². The van der Waals surface area contributed by atoms with Crippen LogP contribution < -0.4 is 10.1 Å². The maximum absolute atomic E-state index is 12.1. The molecule has 2 aromatic rings. The average molecular weight is 313 g/mol. The number of nitrogens with one attached hydrogen (secondary N) is 1. The van der Waals surface area contributed by atoms with Gasteiger partial charge in [-0.2, -0.15) is 0 Å². The number of rotatable bonds is 4. The minimum atomic E-state index is -1.25. The summed E-state index contributed by atoms with van der Waals surface area (Å²) in [4.78, 5) is 12.1. The van der Waals surface area contributed by atoms with Crippen LogP contribution in [-0.4, -0.2) is 29.8 Å². The maximum atomic E-state index is 12.1. The van der Waals surface area contributed by atoms with Crippen LogP contribution in [0.1, 0.15) is 16.7 Å². The highest BCUT2D eigenvalue weighted by Crippen LogP contribution is 2.39. The zero-order chi connectivity index (χ0) is 16.4. The Bertz CT molecular complexity index is 729. The quantitative estimate of drug-likeness (QED) is 0.805. The van der Waals surface area contributed by atoms with Crippen molar-refractivity contribution in [1.82, 2.24) is 5.32 Å². The van der Waals surface area contributed by atoms with Crippen LogP contribution in [0.2, 0.25) is 0 Å². The molecular formula is C18H19NO4. The van der Waals surface area contributed by atoms with Crippen molar-refractivity contribution in [2.75, 3.05) is 13.7 Å². The van der Waals surface area contributed by atoms with Crippen molar-refractivity contribution in [3.63, 3.8) is 0 Å². The lowest BCUT2D eigenvalue weighted by Gasteiger charge is -2.37. The van der Waals surface area contributed by atoms with E-state index in [1.165, 1.54) is 13.2 Å². The predicted molar refractivity (Wildman–Crippen MR) is 85.8 cm³/mol. The van der Waals surface area contributed by atoms with Gasteiger partial charge >= 0.3 is 5.97 Å². The molecular weight excluding hydrogens is 294 g/mol. The number of methoxy groups -OCH3 is 1. The molecule has 120 valence electrons. The molecule has 0 bridgehead atoms. The van der Waals surface area contributed by atoms with E-state index in [0.717, 1.165) is 11.1 Å². The number of ether oxygens (including phenoxy) is 1. The summed E-state index contributed by atoms with van der Waals surface area (Å²) in [6.07, 6.45) is 0.998. The number of phenolic OH excluding ortho intramolecular Hbond substituents is 1. The summed E-state index contributed by atoms with van der Waals surface area (Å²) >= 11 is 0. The molecule has 2 aromatic carbocycles. The molecule has 0 spiro atoms. The summed E-state index contributed by atoms with van der Waals surface area (Å²) in [5.41, 5.74) is 1.15. The number of aromatic hydroxyl groups is 1. The maximum Gasteiger partial charge on any atom is 0.328 e. The Labute approximate surface area is 134 Å². The number of fused-ring (bicyclic) bond motifs is 1. The standard InChI is InChI=1S/C18H19NO4/c1-23-16-9-13-7-8-19-18(17(21)22,14(13)10-15(16)20)11-12-5-3-2-4-6-12/h2-6,9-10,19-20H,7-8,11H2,1H3,(H,21,22). The molecule has 0 amide bonds. The fourth-order valence-corrected chi connectivity index (χ4v) is 3.21. The van der Waals surface area contributed by atoms with Crippen molar-refractivity contribution in [1.29, 1.82) is 0 Å². The number of carboxylic acid groups (broad SMARTS) is 1. The van der Waals surface area contributed by atoms with Crippen LogP contribution >= 0.6 is 0 Å². The Morgan fingerprint density at radius 1 is 1.30 bits per heavy atom. The highest BCUT2D eigenvalue weighted by atomic mass is 16.5. The number of benzene rings is 2. The Kier molecular flexibility index (Phi) is 3.96. The van der Waals surface area contributed by atoms with E-state index in [4.69, 9.17) is 4.74 Å². The van der Waals surface area contributed by atoms with Gasteiger partial charge in [0.15, 0.2) is 11.5 Å². The summed E-state index contributed by atoms with van der Waals surface area (Å²) < 4.78 is 5.14. The van der Waals surface area contributed by atoms with Crippen LogP contribution in [0.15, 0.2) is 42.5 Å². The molecule has 0 radical (unpaired) electrons. The number of aliphatic carboxylic acids is 1. The third kappa shape index (κ3) is 2.64. The van der Waals surface area contributed by atoms with Gasteiger partial charge in [0.1, 0.15) is 5.54 Å². The fourth-order valence-electron chi connectivity index (χ4n) is 3.21. The first-order valence-corrected chi connectivity index (χ1v) is 7.49. The topological polar surface area (TPSA) is 78.8 Å². The third-order valence-electron chi connectivity index (χ3n) is 4.36. The smallest absolute Gasteiger partial charge is 0.328 e. The van der Waals surface area contributed by atoms with Crippen molar-refractivity contribution in [2.45, 2.75) is 18.4 Å². The first-order valence-electron chi connectivity index (χ1n) is 7.49. The first-order chi connectivity index (χ1) is 11.1. The number of carbonyl (C=O) groups is 1. The van der Waals surface area contributed by atoms with Gasteiger partial charge in [-0.1, -0.05) is 30.3 Å². The van der Waals surface area contributed by atoms with Crippen molar-refractivity contribution in [2.24, 2.45) is 0 Å². The van der Waals surface area contributed by atoms with Gasteiger partial charge in [-0.15, -0.1) is 0 Å². The van der Waals surface area contributed by atoms with Crippen LogP contribution in [-0.2, 0) is 23.2 Å². The second kappa shape index (κ2) is 5.93. The summed E-state index contributed by atoms with van der Waals surface area (Å²) in [6, 6.07) is 12.7. The van der Waals surface area contributed by atoms with Crippen LogP contribution in [0.4, 0.5) is 0 Å². The highest BCUT2D eigenvalue weighted by molar-refractivity contribution is 5.83. The van der Waals surface area contributed by atoms with Crippen LogP contribution in [0, 0.1) is 0 Å². The molecule has 23 heavy (non-hydrogen) atoms. The highest BCUT2D eigenvalue weighted by Gasteiger charge is 2.44. The van der Waals surface area contributed by atoms with Gasteiger partial charge in [-0.3, -0.25) is 5.32 Å². The lowest BCUT2D eigenvalue weighted by molar-refractivity contribution is -0.145. The van der Waals surface area contributed by atoms with Gasteiger partial charge in [-0.05, 0) is 35.2 Å². The first kappa shape index (κ1) is 15.4. The third-order valence-corrected chi connectivity index (χ3v) is 4.36. The molecule has 3 rings (SSSR count). The summed E-state index contributed by atoms with van der Waals surface area (Å²) in [7, 11) is 1.48. The van der Waals surface area contributed by atoms with E-state index in [1.54, 1.807) is 6.07 Å². The molecule has 0 fully saturated rings. The Morgan fingerprint density at radius 2 is 2.04 bits per heavy atom. The Balaban J connectivity index is 2.13. The molecule has 1 aliphatic heterocycles. The molecule has 0 saturated heterocycles.